The van der Waals surface area contributed by atoms with Crippen molar-refractivity contribution in [1.29, 1.82) is 0 Å². The number of sulfonamides is 1. The van der Waals surface area contributed by atoms with Crippen LogP contribution in [0.2, 0.25) is 0 Å². The molecule has 3 aromatic rings. The molecule has 0 saturated carbocycles. The standard InChI is InChI=1S/C16H15FN4O2S/c1-21-11-13(9-19-21)16-12(4-3-7-18-16)10-20-24(22,23)15-6-2-5-14(17)8-15/h2-9,11,20H,10H2,1H3. The van der Waals surface area contributed by atoms with E-state index in [9.17, 15) is 12.8 Å². The summed E-state index contributed by atoms with van der Waals surface area (Å²) in [7, 11) is -2.02. The van der Waals surface area contributed by atoms with Crippen LogP contribution in [0.15, 0.2) is 59.9 Å². The van der Waals surface area contributed by atoms with Crippen molar-refractivity contribution in [2.75, 3.05) is 0 Å². The molecule has 2 heterocycles. The predicted octanol–water partition coefficient (Wildman–Crippen LogP) is 2.10. The summed E-state index contributed by atoms with van der Waals surface area (Å²) in [6.07, 6.45) is 5.09. The molecule has 1 N–H and O–H groups in total. The van der Waals surface area contributed by atoms with Crippen molar-refractivity contribution in [2.24, 2.45) is 7.05 Å². The number of benzene rings is 1. The van der Waals surface area contributed by atoms with Gasteiger partial charge in [-0.2, -0.15) is 5.10 Å². The van der Waals surface area contributed by atoms with Crippen LogP contribution in [0.1, 0.15) is 5.56 Å². The SMILES string of the molecule is Cn1cc(-c2ncccc2CNS(=O)(=O)c2cccc(F)c2)cn1. The molecule has 0 amide bonds. The molecule has 2 aromatic heterocycles. The number of aryl methyl sites for hydroxylation is 1. The quantitative estimate of drug-likeness (QED) is 0.767. The van der Waals surface area contributed by atoms with Gasteiger partial charge in [0.25, 0.3) is 0 Å². The number of hydrogen-bond acceptors (Lipinski definition) is 4. The summed E-state index contributed by atoms with van der Waals surface area (Å²) < 4.78 is 41.9. The zero-order chi connectivity index (χ0) is 17.2. The summed E-state index contributed by atoms with van der Waals surface area (Å²) in [5.41, 5.74) is 2.14. The van der Waals surface area contributed by atoms with Crippen molar-refractivity contribution in [2.45, 2.75) is 11.4 Å². The molecule has 8 heteroatoms. The van der Waals surface area contributed by atoms with E-state index in [2.05, 4.69) is 14.8 Å². The maximum absolute atomic E-state index is 13.2. The molecular weight excluding hydrogens is 331 g/mol. The second kappa shape index (κ2) is 6.50. The number of nitrogens with zero attached hydrogens (tertiary/aromatic N) is 3. The van der Waals surface area contributed by atoms with Gasteiger partial charge in [0.15, 0.2) is 0 Å². The monoisotopic (exact) mass is 346 g/mol. The Hall–Kier alpha value is -2.58. The molecule has 0 bridgehead atoms. The van der Waals surface area contributed by atoms with E-state index in [1.54, 1.807) is 42.5 Å². The Kier molecular flexibility index (Phi) is 4.41. The third-order valence-electron chi connectivity index (χ3n) is 3.43. The average Bonchev–Trinajstić information content (AvgIpc) is 3.00. The third-order valence-corrected chi connectivity index (χ3v) is 4.83. The van der Waals surface area contributed by atoms with E-state index in [-0.39, 0.29) is 11.4 Å². The maximum atomic E-state index is 13.2. The lowest BCUT2D eigenvalue weighted by atomic mass is 10.1. The molecule has 0 aliphatic rings. The van der Waals surface area contributed by atoms with E-state index < -0.39 is 15.8 Å². The first-order chi connectivity index (χ1) is 11.5. The van der Waals surface area contributed by atoms with Crippen LogP contribution in [-0.4, -0.2) is 23.2 Å². The Morgan fingerprint density at radius 1 is 1.25 bits per heavy atom. The largest absolute Gasteiger partial charge is 0.275 e. The summed E-state index contributed by atoms with van der Waals surface area (Å²) in [6, 6.07) is 8.38. The van der Waals surface area contributed by atoms with E-state index >= 15 is 0 Å². The molecule has 1 aromatic carbocycles. The molecule has 0 radical (unpaired) electrons. The lowest BCUT2D eigenvalue weighted by molar-refractivity contribution is 0.577. The fraction of sp³-hybridized carbons (Fsp3) is 0.125. The maximum Gasteiger partial charge on any atom is 0.240 e. The van der Waals surface area contributed by atoms with Gasteiger partial charge >= 0.3 is 0 Å². The van der Waals surface area contributed by atoms with Crippen LogP contribution >= 0.6 is 0 Å². The minimum atomic E-state index is -3.81. The summed E-state index contributed by atoms with van der Waals surface area (Å²) in [5.74, 6) is -0.602. The van der Waals surface area contributed by atoms with Crippen LogP contribution in [0.4, 0.5) is 4.39 Å². The number of rotatable bonds is 5. The van der Waals surface area contributed by atoms with Crippen LogP contribution in [0.3, 0.4) is 0 Å². The van der Waals surface area contributed by atoms with Crippen molar-refractivity contribution >= 4 is 10.0 Å². The second-order valence-corrected chi connectivity index (χ2v) is 6.96. The van der Waals surface area contributed by atoms with Gasteiger partial charge in [-0.3, -0.25) is 9.67 Å². The molecule has 0 aliphatic carbocycles. The topological polar surface area (TPSA) is 76.9 Å². The van der Waals surface area contributed by atoms with E-state index in [1.807, 2.05) is 0 Å². The first-order valence-corrected chi connectivity index (χ1v) is 8.62. The number of pyridine rings is 1. The van der Waals surface area contributed by atoms with Crippen molar-refractivity contribution in [3.63, 3.8) is 0 Å². The molecular formula is C16H15FN4O2S. The van der Waals surface area contributed by atoms with Crippen molar-refractivity contribution < 1.29 is 12.8 Å². The predicted molar refractivity (Wildman–Crippen MR) is 86.9 cm³/mol. The highest BCUT2D eigenvalue weighted by molar-refractivity contribution is 7.89. The minimum Gasteiger partial charge on any atom is -0.275 e. The van der Waals surface area contributed by atoms with E-state index in [0.29, 0.717) is 11.3 Å². The molecule has 0 spiro atoms. The minimum absolute atomic E-state index is 0.0386. The summed E-state index contributed by atoms with van der Waals surface area (Å²) in [5, 5.41) is 4.10. The Bertz CT molecular complexity index is 969. The highest BCUT2D eigenvalue weighted by Crippen LogP contribution is 2.21. The van der Waals surface area contributed by atoms with Crippen LogP contribution in [-0.2, 0) is 23.6 Å². The Labute approximate surface area is 139 Å². The van der Waals surface area contributed by atoms with Crippen LogP contribution in [0, 0.1) is 5.82 Å². The molecule has 0 aliphatic heterocycles. The van der Waals surface area contributed by atoms with E-state index in [4.69, 9.17) is 0 Å². The number of nitrogens with one attached hydrogen (secondary N) is 1. The van der Waals surface area contributed by atoms with Crippen LogP contribution in [0.25, 0.3) is 11.3 Å². The molecule has 124 valence electrons. The van der Waals surface area contributed by atoms with E-state index in [0.717, 1.165) is 11.6 Å². The molecule has 24 heavy (non-hydrogen) atoms. The van der Waals surface area contributed by atoms with Crippen molar-refractivity contribution in [3.05, 3.63) is 66.4 Å². The smallest absolute Gasteiger partial charge is 0.240 e. The molecule has 0 atom stereocenters. The van der Waals surface area contributed by atoms with Gasteiger partial charge in [0.2, 0.25) is 10.0 Å². The second-order valence-electron chi connectivity index (χ2n) is 5.20. The zero-order valence-corrected chi connectivity index (χ0v) is 13.7. The summed E-state index contributed by atoms with van der Waals surface area (Å²) in [4.78, 5) is 4.19. The number of halogens is 1. The highest BCUT2D eigenvalue weighted by Gasteiger charge is 2.16. The average molecular weight is 346 g/mol. The van der Waals surface area contributed by atoms with Gasteiger partial charge in [0, 0.05) is 31.5 Å². The van der Waals surface area contributed by atoms with E-state index in [1.165, 1.54) is 18.2 Å². The Morgan fingerprint density at radius 2 is 2.08 bits per heavy atom. The molecule has 0 fully saturated rings. The van der Waals surface area contributed by atoms with Crippen LogP contribution < -0.4 is 4.72 Å². The first kappa shape index (κ1) is 16.3. The fourth-order valence-corrected chi connectivity index (χ4v) is 3.31. The lowest BCUT2D eigenvalue weighted by Gasteiger charge is -2.09. The zero-order valence-electron chi connectivity index (χ0n) is 12.8. The molecule has 3 rings (SSSR count). The van der Waals surface area contributed by atoms with Gasteiger partial charge in [0.1, 0.15) is 5.82 Å². The number of hydrogen-bond donors (Lipinski definition) is 1. The Balaban J connectivity index is 1.85. The number of aromatic nitrogens is 3. The molecule has 0 saturated heterocycles. The third kappa shape index (κ3) is 3.50. The summed E-state index contributed by atoms with van der Waals surface area (Å²) >= 11 is 0. The molecule has 6 nitrogen and oxygen atoms in total. The van der Waals surface area contributed by atoms with Gasteiger partial charge in [-0.15, -0.1) is 0 Å². The molecule has 0 unspecified atom stereocenters. The van der Waals surface area contributed by atoms with Gasteiger partial charge in [0.05, 0.1) is 16.8 Å². The van der Waals surface area contributed by atoms with Gasteiger partial charge < -0.3 is 0 Å². The van der Waals surface area contributed by atoms with Crippen molar-refractivity contribution in [1.82, 2.24) is 19.5 Å². The Morgan fingerprint density at radius 3 is 2.79 bits per heavy atom. The lowest BCUT2D eigenvalue weighted by Crippen LogP contribution is -2.23. The van der Waals surface area contributed by atoms with Gasteiger partial charge in [-0.25, -0.2) is 17.5 Å². The first-order valence-electron chi connectivity index (χ1n) is 7.14. The van der Waals surface area contributed by atoms with Gasteiger partial charge in [-0.1, -0.05) is 12.1 Å². The van der Waals surface area contributed by atoms with Gasteiger partial charge in [-0.05, 0) is 29.8 Å². The van der Waals surface area contributed by atoms with Crippen LogP contribution in [0.5, 0.6) is 0 Å². The fourth-order valence-electron chi connectivity index (χ4n) is 2.27. The highest BCUT2D eigenvalue weighted by atomic mass is 32.2. The van der Waals surface area contributed by atoms with Crippen molar-refractivity contribution in [3.8, 4) is 11.3 Å². The normalized spacial score (nSPS) is 11.6. The summed E-state index contributed by atoms with van der Waals surface area (Å²) in [6.45, 7) is 0.0386.